The maximum Gasteiger partial charge on any atom is 0.224 e. The standard InChI is InChI=1S/C17H25NO5/c1-12-14(11-22-17(23-12)10-16(20-2)21-3)18-15(19)9-13-7-5-4-6-8-13/h4-8,12,14,16-17H,9-11H2,1-3H3,(H,18,19)/t12-,14-,17+/m1/s1. The van der Waals surface area contributed by atoms with Crippen LogP contribution < -0.4 is 5.32 Å². The number of hydrogen-bond acceptors (Lipinski definition) is 5. The summed E-state index contributed by atoms with van der Waals surface area (Å²) in [5.41, 5.74) is 0.983. The highest BCUT2D eigenvalue weighted by atomic mass is 16.7. The minimum atomic E-state index is -0.392. The van der Waals surface area contributed by atoms with Gasteiger partial charge in [0, 0.05) is 20.6 Å². The van der Waals surface area contributed by atoms with Gasteiger partial charge in [-0.25, -0.2) is 0 Å². The van der Waals surface area contributed by atoms with Gasteiger partial charge in [-0.15, -0.1) is 0 Å². The van der Waals surface area contributed by atoms with Crippen molar-refractivity contribution in [3.63, 3.8) is 0 Å². The number of amides is 1. The van der Waals surface area contributed by atoms with Gasteiger partial charge in [-0.05, 0) is 12.5 Å². The molecule has 0 saturated carbocycles. The number of nitrogens with one attached hydrogen (secondary N) is 1. The Morgan fingerprint density at radius 2 is 2.00 bits per heavy atom. The molecule has 6 heteroatoms. The number of carbonyl (C=O) groups is 1. The average molecular weight is 323 g/mol. The summed E-state index contributed by atoms with van der Waals surface area (Å²) in [5.74, 6) is -0.0367. The van der Waals surface area contributed by atoms with Crippen LogP contribution >= 0.6 is 0 Å². The van der Waals surface area contributed by atoms with Gasteiger partial charge in [0.1, 0.15) is 0 Å². The molecule has 128 valence electrons. The van der Waals surface area contributed by atoms with Crippen LogP contribution in [-0.4, -0.2) is 51.5 Å². The maximum atomic E-state index is 12.1. The molecule has 1 N–H and O–H groups in total. The predicted molar refractivity (Wildman–Crippen MR) is 84.8 cm³/mol. The summed E-state index contributed by atoms with van der Waals surface area (Å²) < 4.78 is 21.7. The van der Waals surface area contributed by atoms with Gasteiger partial charge >= 0.3 is 0 Å². The van der Waals surface area contributed by atoms with Crippen LogP contribution in [0, 0.1) is 0 Å². The van der Waals surface area contributed by atoms with Crippen molar-refractivity contribution in [1.82, 2.24) is 5.32 Å². The minimum Gasteiger partial charge on any atom is -0.356 e. The molecule has 1 saturated heterocycles. The van der Waals surface area contributed by atoms with Crippen LogP contribution in [0.15, 0.2) is 30.3 Å². The third kappa shape index (κ3) is 5.58. The van der Waals surface area contributed by atoms with Gasteiger partial charge in [0.25, 0.3) is 0 Å². The molecule has 6 nitrogen and oxygen atoms in total. The van der Waals surface area contributed by atoms with Crippen LogP contribution in [0.4, 0.5) is 0 Å². The summed E-state index contributed by atoms with van der Waals surface area (Å²) in [6.45, 7) is 2.34. The van der Waals surface area contributed by atoms with E-state index >= 15 is 0 Å². The van der Waals surface area contributed by atoms with Crippen LogP contribution in [0.5, 0.6) is 0 Å². The first-order valence-electron chi connectivity index (χ1n) is 7.78. The Kier molecular flexibility index (Phi) is 6.98. The van der Waals surface area contributed by atoms with Gasteiger partial charge < -0.3 is 24.3 Å². The van der Waals surface area contributed by atoms with E-state index in [9.17, 15) is 4.79 Å². The predicted octanol–water partition coefficient (Wildman–Crippen LogP) is 1.48. The summed E-state index contributed by atoms with van der Waals surface area (Å²) in [7, 11) is 3.15. The number of ether oxygens (including phenoxy) is 4. The summed E-state index contributed by atoms with van der Waals surface area (Å²) in [4.78, 5) is 12.1. The SMILES string of the molecule is COC(C[C@H]1OC[C@@H](NC(=O)Cc2ccccc2)[C@@H](C)O1)OC. The molecule has 0 unspecified atom stereocenters. The lowest BCUT2D eigenvalue weighted by Crippen LogP contribution is -2.52. The van der Waals surface area contributed by atoms with Gasteiger partial charge in [-0.3, -0.25) is 4.79 Å². The molecule has 0 aromatic heterocycles. The summed E-state index contributed by atoms with van der Waals surface area (Å²) in [5, 5.41) is 2.97. The smallest absolute Gasteiger partial charge is 0.224 e. The van der Waals surface area contributed by atoms with E-state index < -0.39 is 6.29 Å². The molecule has 1 fully saturated rings. The Morgan fingerprint density at radius 1 is 1.30 bits per heavy atom. The second-order valence-electron chi connectivity index (χ2n) is 5.58. The highest BCUT2D eigenvalue weighted by Crippen LogP contribution is 2.18. The molecule has 3 atom stereocenters. The molecule has 1 aliphatic rings. The first-order valence-corrected chi connectivity index (χ1v) is 7.78. The van der Waals surface area contributed by atoms with Gasteiger partial charge in [0.2, 0.25) is 5.91 Å². The number of rotatable bonds is 7. The van der Waals surface area contributed by atoms with E-state index in [1.54, 1.807) is 14.2 Å². The molecular weight excluding hydrogens is 298 g/mol. The quantitative estimate of drug-likeness (QED) is 0.770. The first kappa shape index (κ1) is 17.9. The lowest BCUT2D eigenvalue weighted by atomic mass is 10.1. The van der Waals surface area contributed by atoms with Crippen molar-refractivity contribution in [2.75, 3.05) is 20.8 Å². The Morgan fingerprint density at radius 3 is 2.61 bits per heavy atom. The molecule has 0 bridgehead atoms. The number of carbonyl (C=O) groups excluding carboxylic acids is 1. The lowest BCUT2D eigenvalue weighted by Gasteiger charge is -2.36. The average Bonchev–Trinajstić information content (AvgIpc) is 2.56. The minimum absolute atomic E-state index is 0.0367. The molecule has 1 aliphatic heterocycles. The number of benzene rings is 1. The largest absolute Gasteiger partial charge is 0.356 e. The van der Waals surface area contributed by atoms with Crippen molar-refractivity contribution in [3.8, 4) is 0 Å². The maximum absolute atomic E-state index is 12.1. The van der Waals surface area contributed by atoms with Crippen molar-refractivity contribution in [1.29, 1.82) is 0 Å². The topological polar surface area (TPSA) is 66.0 Å². The fourth-order valence-corrected chi connectivity index (χ4v) is 2.49. The third-order valence-electron chi connectivity index (χ3n) is 3.86. The van der Waals surface area contributed by atoms with E-state index in [4.69, 9.17) is 18.9 Å². The zero-order valence-corrected chi connectivity index (χ0v) is 13.9. The lowest BCUT2D eigenvalue weighted by molar-refractivity contribution is -0.248. The molecule has 1 aromatic rings. The molecule has 2 rings (SSSR count). The zero-order valence-electron chi connectivity index (χ0n) is 13.9. The second kappa shape index (κ2) is 8.98. The molecule has 1 aromatic carbocycles. The molecule has 0 aliphatic carbocycles. The van der Waals surface area contributed by atoms with E-state index in [-0.39, 0.29) is 24.3 Å². The van der Waals surface area contributed by atoms with E-state index in [2.05, 4.69) is 5.32 Å². The van der Waals surface area contributed by atoms with Crippen molar-refractivity contribution in [3.05, 3.63) is 35.9 Å². The Balaban J connectivity index is 1.78. The number of hydrogen-bond donors (Lipinski definition) is 1. The molecule has 23 heavy (non-hydrogen) atoms. The van der Waals surface area contributed by atoms with Gasteiger partial charge in [0.15, 0.2) is 12.6 Å². The van der Waals surface area contributed by atoms with Gasteiger partial charge in [-0.1, -0.05) is 30.3 Å². The Hall–Kier alpha value is -1.47. The van der Waals surface area contributed by atoms with Crippen molar-refractivity contribution >= 4 is 5.91 Å². The van der Waals surface area contributed by atoms with Crippen LogP contribution in [-0.2, 0) is 30.2 Å². The summed E-state index contributed by atoms with van der Waals surface area (Å²) >= 11 is 0. The Labute approximate surface area is 137 Å². The summed E-state index contributed by atoms with van der Waals surface area (Å²) in [6.07, 6.45) is -0.0540. The second-order valence-corrected chi connectivity index (χ2v) is 5.58. The monoisotopic (exact) mass is 323 g/mol. The fourth-order valence-electron chi connectivity index (χ4n) is 2.49. The molecule has 1 heterocycles. The van der Waals surface area contributed by atoms with Gasteiger partial charge in [-0.2, -0.15) is 0 Å². The third-order valence-corrected chi connectivity index (χ3v) is 3.86. The van der Waals surface area contributed by atoms with Crippen LogP contribution in [0.25, 0.3) is 0 Å². The zero-order chi connectivity index (χ0) is 16.7. The van der Waals surface area contributed by atoms with Crippen molar-refractivity contribution in [2.45, 2.75) is 44.5 Å². The Bertz CT molecular complexity index is 477. The molecule has 1 amide bonds. The summed E-state index contributed by atoms with van der Waals surface area (Å²) in [6, 6.07) is 9.48. The highest BCUT2D eigenvalue weighted by molar-refractivity contribution is 5.78. The highest BCUT2D eigenvalue weighted by Gasteiger charge is 2.31. The van der Waals surface area contributed by atoms with E-state index in [0.29, 0.717) is 19.4 Å². The van der Waals surface area contributed by atoms with Crippen LogP contribution in [0.2, 0.25) is 0 Å². The van der Waals surface area contributed by atoms with Crippen LogP contribution in [0.1, 0.15) is 18.9 Å². The van der Waals surface area contributed by atoms with E-state index in [1.165, 1.54) is 0 Å². The fraction of sp³-hybridized carbons (Fsp3) is 0.588. The molecule has 0 radical (unpaired) electrons. The molecule has 0 spiro atoms. The van der Waals surface area contributed by atoms with Crippen molar-refractivity contribution in [2.24, 2.45) is 0 Å². The first-order chi connectivity index (χ1) is 11.1. The number of methoxy groups -OCH3 is 2. The van der Waals surface area contributed by atoms with Gasteiger partial charge in [0.05, 0.1) is 25.2 Å². The normalized spacial score (nSPS) is 24.6. The van der Waals surface area contributed by atoms with Crippen LogP contribution in [0.3, 0.4) is 0 Å². The van der Waals surface area contributed by atoms with E-state index in [0.717, 1.165) is 5.56 Å². The van der Waals surface area contributed by atoms with E-state index in [1.807, 2.05) is 37.3 Å². The van der Waals surface area contributed by atoms with Crippen molar-refractivity contribution < 1.29 is 23.7 Å². The molecular formula is C17H25NO5.